The SMILES string of the molecule is CNC(c1cc(F)ccc1Cl)C1CCOc2ccccc21. The van der Waals surface area contributed by atoms with Gasteiger partial charge in [-0.3, -0.25) is 0 Å². The van der Waals surface area contributed by atoms with Crippen LogP contribution in [0.4, 0.5) is 4.39 Å². The second-order valence-electron chi connectivity index (χ2n) is 5.21. The lowest BCUT2D eigenvalue weighted by Gasteiger charge is -2.33. The number of ether oxygens (including phenoxy) is 1. The molecule has 4 heteroatoms. The summed E-state index contributed by atoms with van der Waals surface area (Å²) in [6.07, 6.45) is 0.870. The zero-order valence-corrected chi connectivity index (χ0v) is 12.5. The van der Waals surface area contributed by atoms with Crippen LogP contribution in [0.1, 0.15) is 29.5 Å². The minimum atomic E-state index is -0.269. The first-order chi connectivity index (χ1) is 10.2. The summed E-state index contributed by atoms with van der Waals surface area (Å²) in [6, 6.07) is 12.5. The molecule has 0 aliphatic carbocycles. The highest BCUT2D eigenvalue weighted by molar-refractivity contribution is 6.31. The number of fused-ring (bicyclic) bond motifs is 1. The smallest absolute Gasteiger partial charge is 0.123 e. The molecule has 2 unspecified atom stereocenters. The highest BCUT2D eigenvalue weighted by Gasteiger charge is 2.30. The molecule has 2 aromatic rings. The van der Waals surface area contributed by atoms with E-state index < -0.39 is 0 Å². The standard InChI is InChI=1S/C17H17ClFNO/c1-20-17(14-10-11(19)6-7-15(14)18)13-8-9-21-16-5-3-2-4-12(13)16/h2-7,10,13,17,20H,8-9H2,1H3. The van der Waals surface area contributed by atoms with Gasteiger partial charge in [0.15, 0.2) is 0 Å². The van der Waals surface area contributed by atoms with Gasteiger partial charge < -0.3 is 10.1 Å². The maximum absolute atomic E-state index is 13.6. The minimum absolute atomic E-state index is 0.0433. The first-order valence-corrected chi connectivity index (χ1v) is 7.42. The van der Waals surface area contributed by atoms with Crippen LogP contribution in [-0.4, -0.2) is 13.7 Å². The van der Waals surface area contributed by atoms with Crippen LogP contribution in [0.15, 0.2) is 42.5 Å². The summed E-state index contributed by atoms with van der Waals surface area (Å²) in [5, 5.41) is 3.87. The van der Waals surface area contributed by atoms with E-state index in [1.54, 1.807) is 6.07 Å². The Morgan fingerprint density at radius 3 is 2.90 bits per heavy atom. The molecule has 21 heavy (non-hydrogen) atoms. The number of benzene rings is 2. The van der Waals surface area contributed by atoms with Gasteiger partial charge in [-0.15, -0.1) is 0 Å². The van der Waals surface area contributed by atoms with Crippen molar-refractivity contribution in [2.45, 2.75) is 18.4 Å². The highest BCUT2D eigenvalue weighted by atomic mass is 35.5. The Morgan fingerprint density at radius 1 is 1.29 bits per heavy atom. The number of halogens is 2. The van der Waals surface area contributed by atoms with Gasteiger partial charge in [-0.1, -0.05) is 29.8 Å². The summed E-state index contributed by atoms with van der Waals surface area (Å²) in [6.45, 7) is 0.660. The van der Waals surface area contributed by atoms with E-state index in [0.717, 1.165) is 23.3 Å². The summed E-state index contributed by atoms with van der Waals surface area (Å²) < 4.78 is 19.3. The predicted octanol–water partition coefficient (Wildman–Crippen LogP) is 4.31. The second-order valence-corrected chi connectivity index (χ2v) is 5.62. The van der Waals surface area contributed by atoms with Gasteiger partial charge in [0.1, 0.15) is 11.6 Å². The van der Waals surface area contributed by atoms with E-state index >= 15 is 0 Å². The number of nitrogens with one attached hydrogen (secondary N) is 1. The van der Waals surface area contributed by atoms with Crippen molar-refractivity contribution < 1.29 is 9.13 Å². The molecule has 0 aromatic heterocycles. The van der Waals surface area contributed by atoms with Gasteiger partial charge in [0.25, 0.3) is 0 Å². The average molecular weight is 306 g/mol. The van der Waals surface area contributed by atoms with Crippen molar-refractivity contribution in [1.82, 2.24) is 5.32 Å². The van der Waals surface area contributed by atoms with Crippen molar-refractivity contribution in [3.63, 3.8) is 0 Å². The first-order valence-electron chi connectivity index (χ1n) is 7.04. The number of para-hydroxylation sites is 1. The van der Waals surface area contributed by atoms with Gasteiger partial charge in [-0.2, -0.15) is 0 Å². The Hall–Kier alpha value is -1.58. The van der Waals surface area contributed by atoms with Crippen LogP contribution >= 0.6 is 11.6 Å². The van der Waals surface area contributed by atoms with Gasteiger partial charge in [0.05, 0.1) is 6.61 Å². The van der Waals surface area contributed by atoms with Crippen molar-refractivity contribution in [2.75, 3.05) is 13.7 Å². The zero-order chi connectivity index (χ0) is 14.8. The molecule has 0 radical (unpaired) electrons. The maximum atomic E-state index is 13.6. The Morgan fingerprint density at radius 2 is 2.10 bits per heavy atom. The average Bonchev–Trinajstić information content (AvgIpc) is 2.51. The molecule has 3 rings (SSSR count). The molecule has 0 fully saturated rings. The molecule has 2 aromatic carbocycles. The van der Waals surface area contributed by atoms with Crippen molar-refractivity contribution in [3.05, 3.63) is 64.4 Å². The molecule has 2 atom stereocenters. The van der Waals surface area contributed by atoms with E-state index in [-0.39, 0.29) is 17.8 Å². The summed E-state index contributed by atoms with van der Waals surface area (Å²) in [5.74, 6) is 0.843. The van der Waals surface area contributed by atoms with Gasteiger partial charge in [-0.05, 0) is 48.9 Å². The second kappa shape index (κ2) is 6.04. The van der Waals surface area contributed by atoms with Crippen molar-refractivity contribution >= 4 is 11.6 Å². The normalized spacial score (nSPS) is 18.7. The fraction of sp³-hybridized carbons (Fsp3) is 0.294. The zero-order valence-electron chi connectivity index (χ0n) is 11.8. The Labute approximate surface area is 128 Å². The fourth-order valence-corrected chi connectivity index (χ4v) is 3.28. The van der Waals surface area contributed by atoms with E-state index in [4.69, 9.17) is 16.3 Å². The highest BCUT2D eigenvalue weighted by Crippen LogP contribution is 2.42. The lowest BCUT2D eigenvalue weighted by Crippen LogP contribution is -2.28. The van der Waals surface area contributed by atoms with Crippen LogP contribution in [0.3, 0.4) is 0 Å². The van der Waals surface area contributed by atoms with E-state index in [9.17, 15) is 4.39 Å². The third-order valence-electron chi connectivity index (χ3n) is 4.01. The van der Waals surface area contributed by atoms with E-state index in [1.165, 1.54) is 12.1 Å². The minimum Gasteiger partial charge on any atom is -0.493 e. The predicted molar refractivity (Wildman–Crippen MR) is 82.5 cm³/mol. The van der Waals surface area contributed by atoms with E-state index in [1.807, 2.05) is 25.2 Å². The maximum Gasteiger partial charge on any atom is 0.123 e. The topological polar surface area (TPSA) is 21.3 Å². The molecule has 1 aliphatic rings. The first kappa shape index (κ1) is 14.4. The number of rotatable bonds is 3. The third kappa shape index (κ3) is 2.76. The number of likely N-dealkylation sites (N-methyl/N-ethyl adjacent to an activating group) is 1. The lowest BCUT2D eigenvalue weighted by molar-refractivity contribution is 0.248. The Kier molecular flexibility index (Phi) is 4.13. The van der Waals surface area contributed by atoms with Gasteiger partial charge in [0, 0.05) is 17.0 Å². The molecule has 0 saturated carbocycles. The van der Waals surface area contributed by atoms with Gasteiger partial charge >= 0.3 is 0 Å². The molecule has 0 bridgehead atoms. The molecule has 0 amide bonds. The lowest BCUT2D eigenvalue weighted by atomic mass is 9.83. The molecule has 1 N–H and O–H groups in total. The fourth-order valence-electron chi connectivity index (χ4n) is 3.04. The Balaban J connectivity index is 2.03. The molecule has 2 nitrogen and oxygen atoms in total. The van der Waals surface area contributed by atoms with Crippen molar-refractivity contribution in [3.8, 4) is 5.75 Å². The van der Waals surface area contributed by atoms with Gasteiger partial charge in [-0.25, -0.2) is 4.39 Å². The van der Waals surface area contributed by atoms with Crippen LogP contribution < -0.4 is 10.1 Å². The molecule has 1 heterocycles. The van der Waals surface area contributed by atoms with E-state index in [0.29, 0.717) is 11.6 Å². The molecule has 0 spiro atoms. The van der Waals surface area contributed by atoms with Crippen molar-refractivity contribution in [1.29, 1.82) is 0 Å². The van der Waals surface area contributed by atoms with Crippen LogP contribution in [-0.2, 0) is 0 Å². The molecule has 110 valence electrons. The largest absolute Gasteiger partial charge is 0.493 e. The van der Waals surface area contributed by atoms with Gasteiger partial charge in [0.2, 0.25) is 0 Å². The van der Waals surface area contributed by atoms with Crippen molar-refractivity contribution in [2.24, 2.45) is 0 Å². The summed E-state index contributed by atoms with van der Waals surface area (Å²) >= 11 is 6.28. The quantitative estimate of drug-likeness (QED) is 0.912. The van der Waals surface area contributed by atoms with E-state index in [2.05, 4.69) is 11.4 Å². The summed E-state index contributed by atoms with van der Waals surface area (Å²) in [7, 11) is 1.88. The Bertz CT molecular complexity index is 646. The van der Waals surface area contributed by atoms with Crippen LogP contribution in [0.25, 0.3) is 0 Å². The summed E-state index contributed by atoms with van der Waals surface area (Å²) in [4.78, 5) is 0. The monoisotopic (exact) mass is 305 g/mol. The number of hydrogen-bond donors (Lipinski definition) is 1. The molecule has 0 saturated heterocycles. The molecular formula is C17H17ClFNO. The number of hydrogen-bond acceptors (Lipinski definition) is 2. The molecule has 1 aliphatic heterocycles. The molecular weight excluding hydrogens is 289 g/mol. The van der Waals surface area contributed by atoms with Crippen LogP contribution in [0, 0.1) is 5.82 Å². The summed E-state index contributed by atoms with van der Waals surface area (Å²) in [5.41, 5.74) is 1.93. The van der Waals surface area contributed by atoms with Crippen LogP contribution in [0.2, 0.25) is 5.02 Å². The van der Waals surface area contributed by atoms with Crippen LogP contribution in [0.5, 0.6) is 5.75 Å². The third-order valence-corrected chi connectivity index (χ3v) is 4.36.